The fraction of sp³-hybridized carbons (Fsp3) is 0.0476. The van der Waals surface area contributed by atoms with E-state index < -0.39 is 0 Å². The molecular formula is C42H31N. The van der Waals surface area contributed by atoms with Crippen molar-refractivity contribution in [2.75, 3.05) is 6.54 Å². The highest BCUT2D eigenvalue weighted by atomic mass is 14.8. The van der Waals surface area contributed by atoms with E-state index in [0.717, 1.165) is 6.54 Å². The predicted molar refractivity (Wildman–Crippen MR) is 185 cm³/mol. The van der Waals surface area contributed by atoms with Crippen LogP contribution in [0.3, 0.4) is 0 Å². The van der Waals surface area contributed by atoms with Gasteiger partial charge in [-0.1, -0.05) is 133 Å². The monoisotopic (exact) mass is 549 g/mol. The Balaban J connectivity index is 1.26. The normalized spacial score (nSPS) is 13.1. The van der Waals surface area contributed by atoms with Crippen LogP contribution in [0.25, 0.3) is 71.3 Å². The summed E-state index contributed by atoms with van der Waals surface area (Å²) in [6.45, 7) is 3.09. The molecule has 0 aliphatic carbocycles. The Morgan fingerprint density at radius 1 is 0.442 bits per heavy atom. The van der Waals surface area contributed by atoms with Crippen LogP contribution in [-0.4, -0.2) is 6.54 Å². The molecule has 1 nitrogen and oxygen atoms in total. The van der Waals surface area contributed by atoms with Crippen LogP contribution < -0.4 is 5.32 Å². The smallest absolute Gasteiger partial charge is 0.0355 e. The van der Waals surface area contributed by atoms with Crippen LogP contribution >= 0.6 is 0 Å². The Hall–Kier alpha value is -5.40. The summed E-state index contributed by atoms with van der Waals surface area (Å²) >= 11 is 0. The summed E-state index contributed by atoms with van der Waals surface area (Å²) in [5.41, 5.74) is 11.4. The van der Waals surface area contributed by atoms with Crippen LogP contribution in [0, 0.1) is 0 Å². The molecule has 0 fully saturated rings. The first-order valence-corrected chi connectivity index (χ1v) is 15.0. The molecule has 7 aromatic carbocycles. The molecule has 1 heterocycles. The van der Waals surface area contributed by atoms with E-state index in [2.05, 4.69) is 164 Å². The number of dihydropyridines is 1. The van der Waals surface area contributed by atoms with Crippen molar-refractivity contribution < 1.29 is 0 Å². The van der Waals surface area contributed by atoms with E-state index in [1.807, 2.05) is 0 Å². The average Bonchev–Trinajstić information content (AvgIpc) is 3.07. The van der Waals surface area contributed by atoms with Gasteiger partial charge in [-0.05, 0) is 102 Å². The number of fused-ring (bicyclic) bond motifs is 3. The second-order valence-corrected chi connectivity index (χ2v) is 11.5. The van der Waals surface area contributed by atoms with E-state index in [1.165, 1.54) is 82.4 Å². The molecule has 8 rings (SSSR count). The van der Waals surface area contributed by atoms with E-state index in [-0.39, 0.29) is 0 Å². The van der Waals surface area contributed by atoms with E-state index in [9.17, 15) is 0 Å². The highest BCUT2D eigenvalue weighted by Gasteiger charge is 2.16. The van der Waals surface area contributed by atoms with E-state index >= 15 is 0 Å². The third-order valence-electron chi connectivity index (χ3n) is 8.69. The van der Waals surface area contributed by atoms with Gasteiger partial charge in [0.05, 0.1) is 0 Å². The van der Waals surface area contributed by atoms with Crippen LogP contribution in [0.1, 0.15) is 12.5 Å². The third-order valence-corrected chi connectivity index (χ3v) is 8.69. The molecule has 204 valence electrons. The molecule has 0 amide bonds. The Kier molecular flexibility index (Phi) is 6.16. The third kappa shape index (κ3) is 4.51. The maximum absolute atomic E-state index is 3.39. The van der Waals surface area contributed by atoms with Crippen LogP contribution in [-0.2, 0) is 0 Å². The number of rotatable bonds is 4. The fourth-order valence-electron chi connectivity index (χ4n) is 6.66. The summed E-state index contributed by atoms with van der Waals surface area (Å²) < 4.78 is 0. The van der Waals surface area contributed by atoms with Crippen molar-refractivity contribution in [3.05, 3.63) is 163 Å². The maximum Gasteiger partial charge on any atom is 0.0355 e. The van der Waals surface area contributed by atoms with Gasteiger partial charge in [-0.15, -0.1) is 0 Å². The second kappa shape index (κ2) is 10.5. The minimum Gasteiger partial charge on any atom is -0.387 e. The predicted octanol–water partition coefficient (Wildman–Crippen LogP) is 11.0. The summed E-state index contributed by atoms with van der Waals surface area (Å²) in [6, 6.07) is 51.2. The Morgan fingerprint density at radius 3 is 1.60 bits per heavy atom. The van der Waals surface area contributed by atoms with Gasteiger partial charge >= 0.3 is 0 Å². The molecular weight excluding hydrogens is 518 g/mol. The Labute approximate surface area is 252 Å². The van der Waals surface area contributed by atoms with Gasteiger partial charge in [0.1, 0.15) is 0 Å². The van der Waals surface area contributed by atoms with Crippen LogP contribution in [0.2, 0.25) is 0 Å². The van der Waals surface area contributed by atoms with Crippen LogP contribution in [0.15, 0.2) is 157 Å². The molecule has 7 aromatic rings. The maximum atomic E-state index is 3.39. The lowest BCUT2D eigenvalue weighted by Gasteiger charge is -2.18. The standard InChI is InChI=1S/C42H31N/c1-28-22-36(27-43-26-28)31-13-9-12-30(23-31)32-18-19-34-25-35(21-20-33(34)24-32)42-39-16-7-5-14-37(39)41(29-10-3-2-4-11-29)38-15-6-8-17-40(38)42/h2-25,27,43H,26H2,1H3. The highest BCUT2D eigenvalue weighted by molar-refractivity contribution is 6.21. The van der Waals surface area contributed by atoms with Gasteiger partial charge in [-0.25, -0.2) is 0 Å². The number of allylic oxidation sites excluding steroid dienone is 2. The first-order valence-electron chi connectivity index (χ1n) is 15.0. The average molecular weight is 550 g/mol. The minimum atomic E-state index is 0.915. The summed E-state index contributed by atoms with van der Waals surface area (Å²) in [4.78, 5) is 0. The lowest BCUT2D eigenvalue weighted by atomic mass is 9.85. The van der Waals surface area contributed by atoms with Gasteiger partial charge in [0.25, 0.3) is 0 Å². The molecule has 0 spiro atoms. The largest absolute Gasteiger partial charge is 0.387 e. The quantitative estimate of drug-likeness (QED) is 0.215. The van der Waals surface area contributed by atoms with Crippen molar-refractivity contribution >= 4 is 37.9 Å². The number of nitrogens with one attached hydrogen (secondary N) is 1. The molecule has 1 heteroatoms. The zero-order valence-corrected chi connectivity index (χ0v) is 24.1. The first-order chi connectivity index (χ1) is 21.2. The summed E-state index contributed by atoms with van der Waals surface area (Å²) in [6.07, 6.45) is 4.39. The molecule has 1 N–H and O–H groups in total. The second-order valence-electron chi connectivity index (χ2n) is 11.5. The van der Waals surface area contributed by atoms with Crippen molar-refractivity contribution in [2.24, 2.45) is 0 Å². The molecule has 0 aromatic heterocycles. The van der Waals surface area contributed by atoms with Crippen LogP contribution in [0.5, 0.6) is 0 Å². The van der Waals surface area contributed by atoms with Crippen molar-refractivity contribution in [1.29, 1.82) is 0 Å². The van der Waals surface area contributed by atoms with Gasteiger partial charge in [0, 0.05) is 12.7 Å². The molecule has 1 aliphatic rings. The van der Waals surface area contributed by atoms with E-state index in [1.54, 1.807) is 0 Å². The Bertz CT molecular complexity index is 2180. The lowest BCUT2D eigenvalue weighted by molar-refractivity contribution is 0.925. The highest BCUT2D eigenvalue weighted by Crippen LogP contribution is 2.44. The van der Waals surface area contributed by atoms with Crippen molar-refractivity contribution in [3.63, 3.8) is 0 Å². The van der Waals surface area contributed by atoms with Gasteiger partial charge in [-0.2, -0.15) is 0 Å². The zero-order chi connectivity index (χ0) is 28.8. The van der Waals surface area contributed by atoms with Gasteiger partial charge in [0.2, 0.25) is 0 Å². The van der Waals surface area contributed by atoms with Gasteiger partial charge in [0.15, 0.2) is 0 Å². The van der Waals surface area contributed by atoms with E-state index in [0.29, 0.717) is 0 Å². The molecule has 0 atom stereocenters. The number of hydrogen-bond acceptors (Lipinski definition) is 1. The summed E-state index contributed by atoms with van der Waals surface area (Å²) in [7, 11) is 0. The molecule has 0 saturated carbocycles. The van der Waals surface area contributed by atoms with Crippen molar-refractivity contribution in [1.82, 2.24) is 5.32 Å². The van der Waals surface area contributed by atoms with Crippen LogP contribution in [0.4, 0.5) is 0 Å². The topological polar surface area (TPSA) is 12.0 Å². The fourth-order valence-corrected chi connectivity index (χ4v) is 6.66. The van der Waals surface area contributed by atoms with Gasteiger partial charge < -0.3 is 5.32 Å². The van der Waals surface area contributed by atoms with Crippen molar-refractivity contribution in [3.8, 4) is 33.4 Å². The SMILES string of the molecule is CC1=CC(c2cccc(-c3ccc4cc(-c5c6ccccc6c(-c6ccccc6)c6ccccc56)ccc4c3)c2)=CNC1. The molecule has 0 unspecified atom stereocenters. The molecule has 43 heavy (non-hydrogen) atoms. The summed E-state index contributed by atoms with van der Waals surface area (Å²) in [5.74, 6) is 0. The van der Waals surface area contributed by atoms with E-state index in [4.69, 9.17) is 0 Å². The Morgan fingerprint density at radius 2 is 0.953 bits per heavy atom. The number of benzene rings is 7. The minimum absolute atomic E-state index is 0.915. The molecule has 0 radical (unpaired) electrons. The zero-order valence-electron chi connectivity index (χ0n) is 24.1. The molecule has 0 bridgehead atoms. The molecule has 1 aliphatic heterocycles. The first kappa shape index (κ1) is 25.3. The van der Waals surface area contributed by atoms with Crippen molar-refractivity contribution in [2.45, 2.75) is 6.92 Å². The lowest BCUT2D eigenvalue weighted by Crippen LogP contribution is -2.12. The molecule has 0 saturated heterocycles. The summed E-state index contributed by atoms with van der Waals surface area (Å²) in [5, 5.41) is 11.0. The number of hydrogen-bond donors (Lipinski definition) is 1. The van der Waals surface area contributed by atoms with Gasteiger partial charge in [-0.3, -0.25) is 0 Å².